The van der Waals surface area contributed by atoms with Gasteiger partial charge in [0.15, 0.2) is 0 Å². The molecule has 0 saturated carbocycles. The Hall–Kier alpha value is -3.61. The number of anilines is 1. The van der Waals surface area contributed by atoms with E-state index in [-0.39, 0.29) is 11.4 Å². The van der Waals surface area contributed by atoms with Crippen LogP contribution in [0.15, 0.2) is 72.8 Å². The van der Waals surface area contributed by atoms with Gasteiger partial charge in [-0.05, 0) is 48.5 Å². The lowest BCUT2D eigenvalue weighted by molar-refractivity contribution is 0.0764. The van der Waals surface area contributed by atoms with Gasteiger partial charge >= 0.3 is 6.55 Å². The van der Waals surface area contributed by atoms with Crippen molar-refractivity contribution >= 4 is 22.6 Å². The summed E-state index contributed by atoms with van der Waals surface area (Å²) in [5.41, 5.74) is 1.61. The number of amides is 1. The highest BCUT2D eigenvalue weighted by atomic mass is 19.3. The van der Waals surface area contributed by atoms with Crippen molar-refractivity contribution in [1.82, 2.24) is 9.55 Å². The van der Waals surface area contributed by atoms with Gasteiger partial charge in [-0.15, -0.1) is 0 Å². The van der Waals surface area contributed by atoms with E-state index in [2.05, 4.69) is 10.3 Å². The summed E-state index contributed by atoms with van der Waals surface area (Å²) in [5.74, 6) is -1.09. The molecule has 0 aliphatic heterocycles. The van der Waals surface area contributed by atoms with Crippen LogP contribution in [0.4, 0.5) is 18.9 Å². The smallest absolute Gasteiger partial charge is 0.320 e. The molecule has 0 spiro atoms. The maximum atomic E-state index is 13.7. The van der Waals surface area contributed by atoms with Gasteiger partial charge in [0.2, 0.25) is 0 Å². The van der Waals surface area contributed by atoms with Crippen molar-refractivity contribution in [2.24, 2.45) is 0 Å². The molecule has 0 atom stereocenters. The normalized spacial score (nSPS) is 11.1. The van der Waals surface area contributed by atoms with Crippen LogP contribution < -0.4 is 5.32 Å². The quantitative estimate of drug-likeness (QED) is 0.508. The molecule has 4 nitrogen and oxygen atoms in total. The summed E-state index contributed by atoms with van der Waals surface area (Å²) in [5, 5.41) is 2.59. The van der Waals surface area contributed by atoms with Crippen LogP contribution in [0.2, 0.25) is 0 Å². The number of carbonyl (C=O) groups excluding carboxylic acids is 1. The maximum Gasteiger partial charge on any atom is 0.320 e. The van der Waals surface area contributed by atoms with Crippen molar-refractivity contribution in [3.8, 4) is 11.4 Å². The third-order valence-corrected chi connectivity index (χ3v) is 4.31. The third-order valence-electron chi connectivity index (χ3n) is 4.31. The second kappa shape index (κ2) is 7.19. The van der Waals surface area contributed by atoms with Crippen LogP contribution in [0, 0.1) is 5.82 Å². The number of carbonyl (C=O) groups is 1. The fourth-order valence-electron chi connectivity index (χ4n) is 2.99. The SMILES string of the molecule is O=C(Nc1ccc(-c2nc3ccccc3n2C(F)F)cc1)c1ccccc1F. The summed E-state index contributed by atoms with van der Waals surface area (Å²) < 4.78 is 41.7. The van der Waals surface area contributed by atoms with Crippen LogP contribution in [0.25, 0.3) is 22.4 Å². The zero-order valence-corrected chi connectivity index (χ0v) is 14.4. The van der Waals surface area contributed by atoms with Crippen molar-refractivity contribution in [3.63, 3.8) is 0 Å². The number of halogens is 3. The van der Waals surface area contributed by atoms with Gasteiger partial charge < -0.3 is 5.32 Å². The largest absolute Gasteiger partial charge is 0.322 e. The van der Waals surface area contributed by atoms with Gasteiger partial charge in [0.25, 0.3) is 5.91 Å². The Morgan fingerprint density at radius 2 is 1.61 bits per heavy atom. The standard InChI is InChI=1S/C21H14F3N3O/c22-16-6-2-1-5-15(16)20(28)25-14-11-9-13(10-12-14)19-26-17-7-3-4-8-18(17)27(19)21(23)24/h1-12,21H,(H,25,28). The average molecular weight is 381 g/mol. The van der Waals surface area contributed by atoms with Crippen LogP contribution in [0.1, 0.15) is 16.9 Å². The Morgan fingerprint density at radius 3 is 2.32 bits per heavy atom. The van der Waals surface area contributed by atoms with Gasteiger partial charge in [-0.2, -0.15) is 8.78 Å². The van der Waals surface area contributed by atoms with Crippen LogP contribution in [0.5, 0.6) is 0 Å². The summed E-state index contributed by atoms with van der Waals surface area (Å²) in [6.07, 6.45) is 0. The van der Waals surface area contributed by atoms with Gasteiger partial charge in [-0.1, -0.05) is 24.3 Å². The fourth-order valence-corrected chi connectivity index (χ4v) is 2.99. The van der Waals surface area contributed by atoms with Crippen molar-refractivity contribution in [2.45, 2.75) is 6.55 Å². The highest BCUT2D eigenvalue weighted by molar-refractivity contribution is 6.04. The predicted octanol–water partition coefficient (Wildman–Crippen LogP) is 5.49. The molecule has 4 aromatic rings. The van der Waals surface area contributed by atoms with E-state index in [1.807, 2.05) is 0 Å². The summed E-state index contributed by atoms with van der Waals surface area (Å²) >= 11 is 0. The van der Waals surface area contributed by atoms with Crippen LogP contribution in [-0.2, 0) is 0 Å². The lowest BCUT2D eigenvalue weighted by Crippen LogP contribution is -2.13. The summed E-state index contributed by atoms with van der Waals surface area (Å²) in [6, 6.07) is 18.6. The molecular weight excluding hydrogens is 367 g/mol. The monoisotopic (exact) mass is 381 g/mol. The summed E-state index contributed by atoms with van der Waals surface area (Å²) in [6.45, 7) is -2.75. The molecule has 0 radical (unpaired) electrons. The first-order valence-corrected chi connectivity index (χ1v) is 8.46. The Labute approximate surface area is 158 Å². The number of alkyl halides is 2. The van der Waals surface area contributed by atoms with E-state index in [0.29, 0.717) is 22.3 Å². The number of hydrogen-bond donors (Lipinski definition) is 1. The van der Waals surface area contributed by atoms with Crippen molar-refractivity contribution in [3.05, 3.63) is 84.2 Å². The molecule has 0 aliphatic rings. The molecule has 1 heterocycles. The van der Waals surface area contributed by atoms with E-state index in [1.165, 1.54) is 18.2 Å². The molecule has 0 bridgehead atoms. The average Bonchev–Trinajstić information content (AvgIpc) is 3.08. The molecule has 0 saturated heterocycles. The molecule has 0 fully saturated rings. The number of para-hydroxylation sites is 2. The first-order chi connectivity index (χ1) is 13.5. The number of rotatable bonds is 4. The van der Waals surface area contributed by atoms with Gasteiger partial charge in [-0.3, -0.25) is 9.36 Å². The third kappa shape index (κ3) is 3.22. The highest BCUT2D eigenvalue weighted by Gasteiger charge is 2.19. The Kier molecular flexibility index (Phi) is 4.57. The minimum Gasteiger partial charge on any atom is -0.322 e. The Balaban J connectivity index is 1.64. The van der Waals surface area contributed by atoms with Gasteiger partial charge in [0, 0.05) is 11.3 Å². The highest BCUT2D eigenvalue weighted by Crippen LogP contribution is 2.30. The minimum absolute atomic E-state index is 0.0777. The zero-order chi connectivity index (χ0) is 19.7. The van der Waals surface area contributed by atoms with E-state index < -0.39 is 18.3 Å². The number of aromatic nitrogens is 2. The van der Waals surface area contributed by atoms with E-state index in [9.17, 15) is 18.0 Å². The number of benzene rings is 3. The first kappa shape index (κ1) is 17.8. The lowest BCUT2D eigenvalue weighted by Gasteiger charge is -2.09. The van der Waals surface area contributed by atoms with Gasteiger partial charge in [-0.25, -0.2) is 9.37 Å². The molecule has 0 unspecified atom stereocenters. The molecule has 1 N–H and O–H groups in total. The fraction of sp³-hybridized carbons (Fsp3) is 0.0476. The number of fused-ring (bicyclic) bond motifs is 1. The zero-order valence-electron chi connectivity index (χ0n) is 14.4. The molecule has 1 aromatic heterocycles. The predicted molar refractivity (Wildman–Crippen MR) is 101 cm³/mol. The first-order valence-electron chi connectivity index (χ1n) is 8.46. The van der Waals surface area contributed by atoms with Crippen LogP contribution in [0.3, 0.4) is 0 Å². The Morgan fingerprint density at radius 1 is 0.929 bits per heavy atom. The van der Waals surface area contributed by atoms with Crippen molar-refractivity contribution in [2.75, 3.05) is 5.32 Å². The second-order valence-electron chi connectivity index (χ2n) is 6.08. The second-order valence-corrected chi connectivity index (χ2v) is 6.08. The van der Waals surface area contributed by atoms with E-state index in [1.54, 1.807) is 54.6 Å². The number of nitrogens with zero attached hydrogens (tertiary/aromatic N) is 2. The van der Waals surface area contributed by atoms with Crippen molar-refractivity contribution < 1.29 is 18.0 Å². The van der Waals surface area contributed by atoms with Crippen LogP contribution in [-0.4, -0.2) is 15.5 Å². The summed E-state index contributed by atoms with van der Waals surface area (Å²) in [7, 11) is 0. The van der Waals surface area contributed by atoms with Gasteiger partial charge in [0.1, 0.15) is 11.6 Å². The molecular formula is C21H14F3N3O. The van der Waals surface area contributed by atoms with Crippen LogP contribution >= 0.6 is 0 Å². The molecule has 1 amide bonds. The van der Waals surface area contributed by atoms with E-state index in [4.69, 9.17) is 0 Å². The Bertz CT molecular complexity index is 1150. The van der Waals surface area contributed by atoms with Crippen molar-refractivity contribution in [1.29, 1.82) is 0 Å². The number of imidazole rings is 1. The maximum absolute atomic E-state index is 13.7. The lowest BCUT2D eigenvalue weighted by atomic mass is 10.1. The summed E-state index contributed by atoms with van der Waals surface area (Å²) in [4.78, 5) is 16.5. The molecule has 0 aliphatic carbocycles. The van der Waals surface area contributed by atoms with Gasteiger partial charge in [0.05, 0.1) is 16.6 Å². The molecule has 3 aromatic carbocycles. The molecule has 28 heavy (non-hydrogen) atoms. The van der Waals surface area contributed by atoms with E-state index >= 15 is 0 Å². The minimum atomic E-state index is -2.75. The molecule has 140 valence electrons. The molecule has 4 rings (SSSR count). The number of nitrogens with one attached hydrogen (secondary N) is 1. The van der Waals surface area contributed by atoms with E-state index in [0.717, 1.165) is 4.57 Å². The topological polar surface area (TPSA) is 46.9 Å². The number of hydrogen-bond acceptors (Lipinski definition) is 2. The molecule has 7 heteroatoms.